The lowest BCUT2D eigenvalue weighted by molar-refractivity contribution is -0.157. The number of alkyl carbamates (subject to hydrolysis) is 1. The van der Waals surface area contributed by atoms with Crippen molar-refractivity contribution in [3.63, 3.8) is 0 Å². The molecule has 3 atom stereocenters. The summed E-state index contributed by atoms with van der Waals surface area (Å²) in [6.45, 7) is 15.7. The summed E-state index contributed by atoms with van der Waals surface area (Å²) in [5.41, 5.74) is 5.05. The van der Waals surface area contributed by atoms with E-state index in [9.17, 15) is 19.2 Å². The number of amides is 2. The number of hydrogen-bond acceptors (Lipinski definition) is 8. The number of hydrogen-bond donors (Lipinski definition) is 3. The van der Waals surface area contributed by atoms with Crippen molar-refractivity contribution < 1.29 is 33.4 Å². The SMILES string of the molecule is CCCCCCCC/C=C\CCCCCCCCC(CCCCCCC/C=C\CCCCCCCC)OC(=O)[C@H](CCC(=O)OC(C)(C)C)NC(=O)[C@@H](N)CCCCNC(=O)OC(C)(C)C. The topological polar surface area (TPSA) is 146 Å². The molecule has 66 heavy (non-hydrogen) atoms. The molecule has 0 rings (SSSR count). The Balaban J connectivity index is 5.25. The zero-order valence-electron chi connectivity index (χ0n) is 44.2. The number of carbonyl (C=O) groups is 4. The van der Waals surface area contributed by atoms with Crippen LogP contribution in [0.2, 0.25) is 0 Å². The molecule has 0 aliphatic heterocycles. The molecule has 0 aromatic rings. The lowest BCUT2D eigenvalue weighted by Crippen LogP contribution is -2.49. The van der Waals surface area contributed by atoms with Gasteiger partial charge in [0.1, 0.15) is 23.3 Å². The van der Waals surface area contributed by atoms with Gasteiger partial charge in [-0.1, -0.05) is 147 Å². The van der Waals surface area contributed by atoms with Crippen molar-refractivity contribution in [2.24, 2.45) is 5.73 Å². The first-order chi connectivity index (χ1) is 31.6. The van der Waals surface area contributed by atoms with E-state index in [1.54, 1.807) is 41.5 Å². The van der Waals surface area contributed by atoms with E-state index >= 15 is 0 Å². The van der Waals surface area contributed by atoms with Crippen molar-refractivity contribution in [3.8, 4) is 0 Å². The van der Waals surface area contributed by atoms with Gasteiger partial charge in [0.25, 0.3) is 0 Å². The largest absolute Gasteiger partial charge is 0.461 e. The summed E-state index contributed by atoms with van der Waals surface area (Å²) in [6, 6.07) is -1.89. The van der Waals surface area contributed by atoms with E-state index in [2.05, 4.69) is 48.8 Å². The quantitative estimate of drug-likeness (QED) is 0.0237. The molecule has 0 bridgehead atoms. The highest BCUT2D eigenvalue weighted by atomic mass is 16.6. The Morgan fingerprint density at radius 3 is 1.32 bits per heavy atom. The van der Waals surface area contributed by atoms with E-state index < -0.39 is 47.2 Å². The molecule has 4 N–H and O–H groups in total. The van der Waals surface area contributed by atoms with Crippen LogP contribution in [-0.4, -0.2) is 59.9 Å². The summed E-state index contributed by atoms with van der Waals surface area (Å²) < 4.78 is 17.0. The fraction of sp³-hybridized carbons (Fsp3) is 0.857. The van der Waals surface area contributed by atoms with Gasteiger partial charge in [-0.15, -0.1) is 0 Å². The molecule has 0 spiro atoms. The van der Waals surface area contributed by atoms with Crippen molar-refractivity contribution in [2.45, 2.75) is 303 Å². The van der Waals surface area contributed by atoms with Crippen LogP contribution in [0, 0.1) is 0 Å². The van der Waals surface area contributed by atoms with Gasteiger partial charge < -0.3 is 30.6 Å². The molecule has 1 unspecified atom stereocenters. The number of unbranched alkanes of at least 4 members (excludes halogenated alkanes) is 24. The summed E-state index contributed by atoms with van der Waals surface area (Å²) in [6.07, 6.45) is 45.1. The minimum atomic E-state index is -1.03. The second kappa shape index (κ2) is 42.2. The molecule has 0 aromatic carbocycles. The third-order valence-corrected chi connectivity index (χ3v) is 11.7. The van der Waals surface area contributed by atoms with E-state index in [0.717, 1.165) is 57.8 Å². The first-order valence-electron chi connectivity index (χ1n) is 27.3. The fourth-order valence-corrected chi connectivity index (χ4v) is 7.88. The lowest BCUT2D eigenvalue weighted by Gasteiger charge is -2.25. The van der Waals surface area contributed by atoms with Gasteiger partial charge in [-0.05, 0) is 144 Å². The number of rotatable bonds is 43. The number of nitrogens with one attached hydrogen (secondary N) is 2. The van der Waals surface area contributed by atoms with Gasteiger partial charge in [0.05, 0.1) is 6.04 Å². The van der Waals surface area contributed by atoms with E-state index in [1.807, 2.05) is 0 Å². The lowest BCUT2D eigenvalue weighted by atomic mass is 10.0. The van der Waals surface area contributed by atoms with Gasteiger partial charge in [0.15, 0.2) is 0 Å². The number of carbonyl (C=O) groups excluding carboxylic acids is 4. The van der Waals surface area contributed by atoms with Crippen LogP contribution in [-0.2, 0) is 28.6 Å². The van der Waals surface area contributed by atoms with Crippen LogP contribution in [0.3, 0.4) is 0 Å². The molecular formula is C56H105N3O7. The minimum Gasteiger partial charge on any atom is -0.461 e. The van der Waals surface area contributed by atoms with E-state index in [4.69, 9.17) is 19.9 Å². The predicted molar refractivity (Wildman–Crippen MR) is 276 cm³/mol. The Labute approximate surface area is 406 Å². The second-order valence-electron chi connectivity index (χ2n) is 20.9. The van der Waals surface area contributed by atoms with Crippen LogP contribution >= 0.6 is 0 Å². The third kappa shape index (κ3) is 43.7. The Bertz CT molecular complexity index is 1250. The monoisotopic (exact) mass is 932 g/mol. The van der Waals surface area contributed by atoms with Crippen LogP contribution in [0.5, 0.6) is 0 Å². The molecule has 0 radical (unpaired) electrons. The van der Waals surface area contributed by atoms with Gasteiger partial charge >= 0.3 is 18.0 Å². The normalized spacial score (nSPS) is 13.5. The highest BCUT2D eigenvalue weighted by molar-refractivity contribution is 5.87. The van der Waals surface area contributed by atoms with Gasteiger partial charge in [-0.2, -0.15) is 0 Å². The van der Waals surface area contributed by atoms with Crippen molar-refractivity contribution in [1.29, 1.82) is 0 Å². The summed E-state index contributed by atoms with van der Waals surface area (Å²) in [7, 11) is 0. The maximum Gasteiger partial charge on any atom is 0.407 e. The Hall–Kier alpha value is -2.88. The van der Waals surface area contributed by atoms with Crippen LogP contribution in [0.1, 0.15) is 274 Å². The Morgan fingerprint density at radius 2 is 0.894 bits per heavy atom. The molecule has 0 saturated carbocycles. The van der Waals surface area contributed by atoms with Crippen LogP contribution < -0.4 is 16.4 Å². The molecule has 10 heteroatoms. The summed E-state index contributed by atoms with van der Waals surface area (Å²) >= 11 is 0. The molecule has 0 aliphatic carbocycles. The van der Waals surface area contributed by atoms with E-state index in [1.165, 1.54) is 128 Å². The van der Waals surface area contributed by atoms with Gasteiger partial charge in [-0.25, -0.2) is 9.59 Å². The van der Waals surface area contributed by atoms with Crippen LogP contribution in [0.15, 0.2) is 24.3 Å². The summed E-state index contributed by atoms with van der Waals surface area (Å²) in [5, 5.41) is 5.55. The number of nitrogens with two attached hydrogens (primary N) is 1. The third-order valence-electron chi connectivity index (χ3n) is 11.7. The second-order valence-corrected chi connectivity index (χ2v) is 20.9. The summed E-state index contributed by atoms with van der Waals surface area (Å²) in [5.74, 6) is -1.43. The minimum absolute atomic E-state index is 0.0449. The number of ether oxygens (including phenoxy) is 3. The summed E-state index contributed by atoms with van der Waals surface area (Å²) in [4.78, 5) is 52.0. The highest BCUT2D eigenvalue weighted by Gasteiger charge is 2.29. The molecule has 0 heterocycles. The number of esters is 2. The van der Waals surface area contributed by atoms with Crippen LogP contribution in [0.25, 0.3) is 0 Å². The molecule has 0 saturated heterocycles. The van der Waals surface area contributed by atoms with Crippen molar-refractivity contribution in [1.82, 2.24) is 10.6 Å². The van der Waals surface area contributed by atoms with Crippen LogP contribution in [0.4, 0.5) is 4.79 Å². The van der Waals surface area contributed by atoms with Gasteiger partial charge in [-0.3, -0.25) is 9.59 Å². The Morgan fingerprint density at radius 1 is 0.500 bits per heavy atom. The molecule has 0 fully saturated rings. The van der Waals surface area contributed by atoms with Gasteiger partial charge in [0.2, 0.25) is 5.91 Å². The average molecular weight is 932 g/mol. The molecule has 386 valence electrons. The average Bonchev–Trinajstić information content (AvgIpc) is 3.24. The molecule has 0 aliphatic rings. The van der Waals surface area contributed by atoms with Crippen molar-refractivity contribution >= 4 is 23.9 Å². The predicted octanol–water partition coefficient (Wildman–Crippen LogP) is 15.0. The van der Waals surface area contributed by atoms with Gasteiger partial charge in [0, 0.05) is 13.0 Å². The molecule has 10 nitrogen and oxygen atoms in total. The molecular weight excluding hydrogens is 827 g/mol. The molecule has 2 amide bonds. The Kier molecular flexibility index (Phi) is 40.4. The maximum absolute atomic E-state index is 13.9. The zero-order chi connectivity index (χ0) is 49.2. The molecule has 0 aromatic heterocycles. The zero-order valence-corrected chi connectivity index (χ0v) is 44.2. The first-order valence-corrected chi connectivity index (χ1v) is 27.3. The smallest absolute Gasteiger partial charge is 0.407 e. The maximum atomic E-state index is 13.9. The standard InChI is InChI=1S/C56H105N3O7/c1-9-11-13-15-17-19-21-23-25-27-29-31-33-35-37-39-43-48(42-38-36-34-32-30-28-26-24-22-20-18-16-14-12-10-2)64-53(62)50(45-46-51(60)65-55(3,4)5)59-52(61)49(57)44-40-41-47-58-54(63)66-56(6,7)8/h23-26,48-50H,9-22,27-47,57H2,1-8H3,(H,58,63)(H,59,61)/b25-23-,26-24-/t48?,49-,50-/m0/s1. The van der Waals surface area contributed by atoms with Crippen molar-refractivity contribution in [3.05, 3.63) is 24.3 Å². The first kappa shape index (κ1) is 63.1. The van der Waals surface area contributed by atoms with Crippen molar-refractivity contribution in [2.75, 3.05) is 6.54 Å². The number of allylic oxidation sites excluding steroid dienone is 4. The highest BCUT2D eigenvalue weighted by Crippen LogP contribution is 2.20. The van der Waals surface area contributed by atoms with E-state index in [0.29, 0.717) is 25.8 Å². The fourth-order valence-electron chi connectivity index (χ4n) is 7.88. The van der Waals surface area contributed by atoms with E-state index in [-0.39, 0.29) is 18.9 Å².